The van der Waals surface area contributed by atoms with Crippen LogP contribution in [0.1, 0.15) is 40.1 Å². The van der Waals surface area contributed by atoms with Gasteiger partial charge in [0.1, 0.15) is 0 Å². The van der Waals surface area contributed by atoms with E-state index in [2.05, 4.69) is 5.32 Å². The third-order valence-electron chi connectivity index (χ3n) is 4.41. The van der Waals surface area contributed by atoms with Crippen LogP contribution >= 0.6 is 0 Å². The SMILES string of the molecule is Cc1ccc2c(c1)C(=O)C(=O)N2C(=O)c1cc([N+](=O)[O-])c(NC(C)C)c([N+](=O)[O-])c1. The van der Waals surface area contributed by atoms with Crippen molar-refractivity contribution in [2.45, 2.75) is 26.8 Å². The lowest BCUT2D eigenvalue weighted by Gasteiger charge is -2.16. The summed E-state index contributed by atoms with van der Waals surface area (Å²) in [6.07, 6.45) is 0. The van der Waals surface area contributed by atoms with Gasteiger partial charge in [-0.05, 0) is 32.9 Å². The highest BCUT2D eigenvalue weighted by Gasteiger charge is 2.41. The zero-order chi connectivity index (χ0) is 22.3. The number of carbonyl (C=O) groups is 3. The zero-order valence-corrected chi connectivity index (χ0v) is 16.2. The third-order valence-corrected chi connectivity index (χ3v) is 4.41. The van der Waals surface area contributed by atoms with E-state index in [-0.39, 0.29) is 23.0 Å². The molecule has 0 unspecified atom stereocenters. The van der Waals surface area contributed by atoms with E-state index in [0.29, 0.717) is 10.5 Å². The van der Waals surface area contributed by atoms with Gasteiger partial charge in [-0.25, -0.2) is 4.90 Å². The highest BCUT2D eigenvalue weighted by molar-refractivity contribution is 6.57. The first-order chi connectivity index (χ1) is 14.0. The van der Waals surface area contributed by atoms with E-state index in [1.165, 1.54) is 12.1 Å². The highest BCUT2D eigenvalue weighted by Crippen LogP contribution is 2.38. The fourth-order valence-corrected chi connectivity index (χ4v) is 3.14. The number of benzene rings is 2. The number of amides is 2. The number of rotatable bonds is 5. The molecule has 1 aliphatic rings. The summed E-state index contributed by atoms with van der Waals surface area (Å²) in [5.74, 6) is -3.10. The Morgan fingerprint density at radius 1 is 1.03 bits per heavy atom. The summed E-state index contributed by atoms with van der Waals surface area (Å²) in [4.78, 5) is 59.6. The van der Waals surface area contributed by atoms with Crippen LogP contribution in [0.3, 0.4) is 0 Å². The number of hydrogen-bond acceptors (Lipinski definition) is 8. The lowest BCUT2D eigenvalue weighted by molar-refractivity contribution is -0.392. The highest BCUT2D eigenvalue weighted by atomic mass is 16.6. The largest absolute Gasteiger partial charge is 0.372 e. The zero-order valence-electron chi connectivity index (χ0n) is 16.2. The maximum absolute atomic E-state index is 13.0. The molecule has 0 spiro atoms. The number of fused-ring (bicyclic) bond motifs is 1. The molecular formula is C19H16N4O7. The molecule has 0 saturated heterocycles. The topological polar surface area (TPSA) is 153 Å². The quantitative estimate of drug-likeness (QED) is 0.340. The second-order valence-electron chi connectivity index (χ2n) is 7.00. The number of aryl methyl sites for hydroxylation is 1. The number of hydrogen-bond donors (Lipinski definition) is 1. The van der Waals surface area contributed by atoms with Crippen molar-refractivity contribution in [2.24, 2.45) is 0 Å². The van der Waals surface area contributed by atoms with Gasteiger partial charge in [-0.3, -0.25) is 34.6 Å². The van der Waals surface area contributed by atoms with Crippen molar-refractivity contribution < 1.29 is 24.2 Å². The maximum Gasteiger partial charge on any atom is 0.306 e. The number of imide groups is 1. The fraction of sp³-hybridized carbons (Fsp3) is 0.211. The molecule has 2 aromatic carbocycles. The van der Waals surface area contributed by atoms with Crippen molar-refractivity contribution in [3.8, 4) is 0 Å². The first-order valence-electron chi connectivity index (χ1n) is 8.80. The first kappa shape index (κ1) is 20.6. The molecule has 154 valence electrons. The van der Waals surface area contributed by atoms with Gasteiger partial charge in [0.2, 0.25) is 0 Å². The van der Waals surface area contributed by atoms with Crippen molar-refractivity contribution in [3.63, 3.8) is 0 Å². The Balaban J connectivity index is 2.18. The van der Waals surface area contributed by atoms with E-state index in [4.69, 9.17) is 0 Å². The van der Waals surface area contributed by atoms with Crippen molar-refractivity contribution >= 4 is 40.3 Å². The predicted molar refractivity (Wildman–Crippen MR) is 106 cm³/mol. The summed E-state index contributed by atoms with van der Waals surface area (Å²) >= 11 is 0. The number of nitrogens with zero attached hydrogens (tertiary/aromatic N) is 3. The van der Waals surface area contributed by atoms with Gasteiger partial charge in [-0.1, -0.05) is 11.6 Å². The molecule has 2 amide bonds. The molecule has 0 radical (unpaired) electrons. The smallest absolute Gasteiger partial charge is 0.306 e. The monoisotopic (exact) mass is 412 g/mol. The molecule has 11 heteroatoms. The lowest BCUT2D eigenvalue weighted by atomic mass is 10.1. The minimum atomic E-state index is -1.13. The second kappa shape index (κ2) is 7.35. The normalized spacial score (nSPS) is 12.9. The average Bonchev–Trinajstić information content (AvgIpc) is 2.90. The molecule has 0 saturated carbocycles. The maximum atomic E-state index is 13.0. The minimum Gasteiger partial charge on any atom is -0.372 e. The van der Waals surface area contributed by atoms with Gasteiger partial charge in [-0.15, -0.1) is 0 Å². The third kappa shape index (κ3) is 3.36. The molecule has 1 N–H and O–H groups in total. The summed E-state index contributed by atoms with van der Waals surface area (Å²) in [5, 5.41) is 25.7. The molecule has 0 atom stereocenters. The second-order valence-corrected chi connectivity index (χ2v) is 7.00. The van der Waals surface area contributed by atoms with Crippen LogP contribution in [-0.2, 0) is 4.79 Å². The van der Waals surface area contributed by atoms with Gasteiger partial charge in [0.25, 0.3) is 23.1 Å². The van der Waals surface area contributed by atoms with Gasteiger partial charge in [0, 0.05) is 18.2 Å². The Kier molecular flexibility index (Phi) is 5.04. The Bertz CT molecular complexity index is 1100. The van der Waals surface area contributed by atoms with E-state index in [0.717, 1.165) is 12.1 Å². The predicted octanol–water partition coefficient (Wildman–Crippen LogP) is 3.00. The standard InChI is InChI=1S/C19H16N4O7/c1-9(2)20-16-14(22(27)28)7-11(8-15(16)23(29)30)18(25)21-13-5-4-10(3)6-12(13)17(24)19(21)26/h4-9,20H,1-3H3. The van der Waals surface area contributed by atoms with Crippen LogP contribution in [0.15, 0.2) is 30.3 Å². The van der Waals surface area contributed by atoms with Crippen LogP contribution < -0.4 is 10.2 Å². The number of anilines is 2. The van der Waals surface area contributed by atoms with Crippen molar-refractivity contribution in [1.82, 2.24) is 0 Å². The van der Waals surface area contributed by atoms with Crippen LogP contribution in [0.4, 0.5) is 22.7 Å². The van der Waals surface area contributed by atoms with Gasteiger partial charge in [0.05, 0.1) is 26.7 Å². The summed E-state index contributed by atoms with van der Waals surface area (Å²) in [7, 11) is 0. The number of carbonyl (C=O) groups excluding carboxylic acids is 3. The summed E-state index contributed by atoms with van der Waals surface area (Å²) in [5.41, 5.74) is -1.45. The Morgan fingerprint density at radius 3 is 2.10 bits per heavy atom. The molecule has 0 bridgehead atoms. The lowest BCUT2D eigenvalue weighted by Crippen LogP contribution is -2.36. The molecule has 3 rings (SSSR count). The molecule has 0 aliphatic carbocycles. The van der Waals surface area contributed by atoms with Crippen LogP contribution in [0, 0.1) is 27.2 Å². The van der Waals surface area contributed by atoms with E-state index >= 15 is 0 Å². The molecule has 0 fully saturated rings. The van der Waals surface area contributed by atoms with Crippen molar-refractivity contribution in [2.75, 3.05) is 10.2 Å². The first-order valence-corrected chi connectivity index (χ1v) is 8.80. The molecule has 1 heterocycles. The molecule has 2 aromatic rings. The van der Waals surface area contributed by atoms with Crippen LogP contribution in [0.5, 0.6) is 0 Å². The molecule has 11 nitrogen and oxygen atoms in total. The van der Waals surface area contributed by atoms with Gasteiger partial charge >= 0.3 is 5.91 Å². The van der Waals surface area contributed by atoms with Crippen LogP contribution in [0.25, 0.3) is 0 Å². The van der Waals surface area contributed by atoms with E-state index < -0.39 is 44.4 Å². The number of nitro groups is 2. The van der Waals surface area contributed by atoms with Crippen molar-refractivity contribution in [1.29, 1.82) is 0 Å². The average molecular weight is 412 g/mol. The fourth-order valence-electron chi connectivity index (χ4n) is 3.14. The van der Waals surface area contributed by atoms with Crippen molar-refractivity contribution in [3.05, 3.63) is 67.3 Å². The number of nitro benzene ring substituents is 2. The number of ketones is 1. The summed E-state index contributed by atoms with van der Waals surface area (Å²) < 4.78 is 0. The molecule has 0 aromatic heterocycles. The number of nitrogens with one attached hydrogen (secondary N) is 1. The van der Waals surface area contributed by atoms with Gasteiger partial charge in [-0.2, -0.15) is 0 Å². The van der Waals surface area contributed by atoms with Crippen LogP contribution in [0.2, 0.25) is 0 Å². The van der Waals surface area contributed by atoms with E-state index in [1.807, 2.05) is 0 Å². The Hall–Kier alpha value is -4.15. The number of Topliss-reactive ketones (excluding diaryl/α,β-unsaturated/α-hetero) is 1. The van der Waals surface area contributed by atoms with E-state index in [9.17, 15) is 34.6 Å². The molecule has 1 aliphatic heterocycles. The minimum absolute atomic E-state index is 0.0234. The van der Waals surface area contributed by atoms with Crippen LogP contribution in [-0.4, -0.2) is 33.5 Å². The van der Waals surface area contributed by atoms with Gasteiger partial charge < -0.3 is 5.32 Å². The molecule has 30 heavy (non-hydrogen) atoms. The molecular weight excluding hydrogens is 396 g/mol. The Morgan fingerprint density at radius 2 is 1.60 bits per heavy atom. The van der Waals surface area contributed by atoms with Gasteiger partial charge in [0.15, 0.2) is 5.69 Å². The summed E-state index contributed by atoms with van der Waals surface area (Å²) in [6.45, 7) is 4.98. The van der Waals surface area contributed by atoms with E-state index in [1.54, 1.807) is 26.8 Å². The Labute approximate surface area is 169 Å². The summed E-state index contributed by atoms with van der Waals surface area (Å²) in [6, 6.07) is 5.78.